The molecule has 0 spiro atoms. The smallest absolute Gasteiger partial charge is 0.101 e. The minimum Gasteiger partial charge on any atom is -0.300 e. The summed E-state index contributed by atoms with van der Waals surface area (Å²) in [6.45, 7) is 2.49. The molecule has 0 radical (unpaired) electrons. The third-order valence-electron chi connectivity index (χ3n) is 5.40. The molecular weight excluding hydrogens is 395 g/mol. The van der Waals surface area contributed by atoms with Crippen molar-refractivity contribution in [2.75, 3.05) is 13.1 Å². The Labute approximate surface area is 152 Å². The van der Waals surface area contributed by atoms with E-state index in [2.05, 4.69) is 62.8 Å². The zero-order chi connectivity index (χ0) is 15.6. The van der Waals surface area contributed by atoms with E-state index in [-0.39, 0.29) is 0 Å². The zero-order valence-electron chi connectivity index (χ0n) is 13.5. The second kappa shape index (κ2) is 6.89. The summed E-state index contributed by atoms with van der Waals surface area (Å²) in [6, 6.07) is 12.3. The van der Waals surface area contributed by atoms with Crippen LogP contribution < -0.4 is 0 Å². The molecule has 120 valence electrons. The number of pyridine rings is 1. The minimum atomic E-state index is 0.877. The lowest BCUT2D eigenvalue weighted by Gasteiger charge is -2.36. The molecule has 0 amide bonds. The standard InChI is InChI=1S/C20H23IN2/c21-20-7-5-16(14-22-20)12-15-4-6-17-8-10-23(19-2-1-3-19)11-9-18(17)13-15/h4-7,13-14,19H,1-3,8-12H2. The van der Waals surface area contributed by atoms with Crippen LogP contribution in [0.5, 0.6) is 0 Å². The van der Waals surface area contributed by atoms with Gasteiger partial charge >= 0.3 is 0 Å². The van der Waals surface area contributed by atoms with Gasteiger partial charge in [-0.3, -0.25) is 9.88 Å². The molecule has 2 aliphatic rings. The van der Waals surface area contributed by atoms with Crippen LogP contribution >= 0.6 is 22.6 Å². The van der Waals surface area contributed by atoms with E-state index >= 15 is 0 Å². The highest BCUT2D eigenvalue weighted by Gasteiger charge is 2.26. The molecule has 3 heteroatoms. The predicted octanol–water partition coefficient (Wildman–Crippen LogP) is 4.23. The molecule has 1 fully saturated rings. The van der Waals surface area contributed by atoms with Gasteiger partial charge in [0.2, 0.25) is 0 Å². The molecule has 1 aromatic heterocycles. The van der Waals surface area contributed by atoms with Crippen LogP contribution in [0, 0.1) is 3.70 Å². The Morgan fingerprint density at radius 2 is 1.78 bits per heavy atom. The quantitative estimate of drug-likeness (QED) is 0.548. The molecule has 1 saturated carbocycles. The number of aromatic nitrogens is 1. The predicted molar refractivity (Wildman–Crippen MR) is 103 cm³/mol. The van der Waals surface area contributed by atoms with E-state index in [1.807, 2.05) is 6.20 Å². The fraction of sp³-hybridized carbons (Fsp3) is 0.450. The van der Waals surface area contributed by atoms with Gasteiger partial charge in [-0.1, -0.05) is 30.7 Å². The van der Waals surface area contributed by atoms with E-state index in [1.165, 1.54) is 56.3 Å². The Balaban J connectivity index is 1.48. The highest BCUT2D eigenvalue weighted by Crippen LogP contribution is 2.27. The maximum Gasteiger partial charge on any atom is 0.101 e. The van der Waals surface area contributed by atoms with Gasteiger partial charge in [-0.2, -0.15) is 0 Å². The Morgan fingerprint density at radius 1 is 1.00 bits per heavy atom. The molecule has 2 aromatic rings. The number of benzene rings is 1. The van der Waals surface area contributed by atoms with Crippen molar-refractivity contribution in [1.29, 1.82) is 0 Å². The summed E-state index contributed by atoms with van der Waals surface area (Å²) < 4.78 is 1.06. The molecule has 4 rings (SSSR count). The van der Waals surface area contributed by atoms with Gasteiger partial charge in [0, 0.05) is 25.3 Å². The summed E-state index contributed by atoms with van der Waals surface area (Å²) in [6.07, 6.45) is 9.70. The van der Waals surface area contributed by atoms with Crippen molar-refractivity contribution in [2.45, 2.75) is 44.6 Å². The first-order valence-electron chi connectivity index (χ1n) is 8.73. The van der Waals surface area contributed by atoms with Gasteiger partial charge in [0.15, 0.2) is 0 Å². The average Bonchev–Trinajstić information content (AvgIpc) is 2.71. The van der Waals surface area contributed by atoms with Gasteiger partial charge in [-0.05, 0) is 83.0 Å². The number of nitrogens with zero attached hydrogens (tertiary/aromatic N) is 2. The van der Waals surface area contributed by atoms with Gasteiger partial charge in [-0.25, -0.2) is 0 Å². The highest BCUT2D eigenvalue weighted by atomic mass is 127. The van der Waals surface area contributed by atoms with Crippen molar-refractivity contribution in [3.63, 3.8) is 0 Å². The molecule has 0 bridgehead atoms. The fourth-order valence-electron chi connectivity index (χ4n) is 3.77. The molecule has 0 atom stereocenters. The van der Waals surface area contributed by atoms with Gasteiger partial charge in [-0.15, -0.1) is 0 Å². The molecule has 2 nitrogen and oxygen atoms in total. The van der Waals surface area contributed by atoms with Gasteiger partial charge < -0.3 is 0 Å². The van der Waals surface area contributed by atoms with E-state index in [1.54, 1.807) is 11.1 Å². The summed E-state index contributed by atoms with van der Waals surface area (Å²) in [5.41, 5.74) is 5.86. The minimum absolute atomic E-state index is 0.877. The lowest BCUT2D eigenvalue weighted by Crippen LogP contribution is -2.41. The van der Waals surface area contributed by atoms with Crippen molar-refractivity contribution in [3.05, 3.63) is 62.5 Å². The summed E-state index contributed by atoms with van der Waals surface area (Å²) in [5.74, 6) is 0. The monoisotopic (exact) mass is 418 g/mol. The molecule has 0 N–H and O–H groups in total. The average molecular weight is 418 g/mol. The second-order valence-corrected chi connectivity index (χ2v) is 7.99. The molecule has 23 heavy (non-hydrogen) atoms. The third-order valence-corrected chi connectivity index (χ3v) is 6.03. The maximum atomic E-state index is 4.40. The van der Waals surface area contributed by atoms with Gasteiger partial charge in [0.25, 0.3) is 0 Å². The first kappa shape index (κ1) is 15.6. The molecule has 1 aliphatic carbocycles. The maximum absolute atomic E-state index is 4.40. The van der Waals surface area contributed by atoms with Crippen LogP contribution in [0.15, 0.2) is 36.5 Å². The number of hydrogen-bond acceptors (Lipinski definition) is 2. The van der Waals surface area contributed by atoms with Gasteiger partial charge in [0.1, 0.15) is 3.70 Å². The molecule has 1 aliphatic heterocycles. The normalized spacial score (nSPS) is 19.0. The highest BCUT2D eigenvalue weighted by molar-refractivity contribution is 14.1. The molecular formula is C20H23IN2. The molecule has 1 aromatic carbocycles. The van der Waals surface area contributed by atoms with E-state index < -0.39 is 0 Å². The Morgan fingerprint density at radius 3 is 2.48 bits per heavy atom. The summed E-state index contributed by atoms with van der Waals surface area (Å²) in [7, 11) is 0. The molecule has 2 heterocycles. The molecule has 0 unspecified atom stereocenters. The van der Waals surface area contributed by atoms with Crippen molar-refractivity contribution < 1.29 is 0 Å². The summed E-state index contributed by atoms with van der Waals surface area (Å²) >= 11 is 2.26. The third kappa shape index (κ3) is 3.61. The number of halogens is 1. The topological polar surface area (TPSA) is 16.1 Å². The van der Waals surface area contributed by atoms with Crippen LogP contribution in [0.2, 0.25) is 0 Å². The van der Waals surface area contributed by atoms with Crippen molar-refractivity contribution in [1.82, 2.24) is 9.88 Å². The van der Waals surface area contributed by atoms with Crippen LogP contribution in [-0.2, 0) is 19.3 Å². The largest absolute Gasteiger partial charge is 0.300 e. The van der Waals surface area contributed by atoms with E-state index in [4.69, 9.17) is 0 Å². The van der Waals surface area contributed by atoms with Crippen LogP contribution in [0.4, 0.5) is 0 Å². The first-order chi connectivity index (χ1) is 11.3. The Hall–Kier alpha value is -0.940. The van der Waals surface area contributed by atoms with Crippen molar-refractivity contribution in [3.8, 4) is 0 Å². The number of hydrogen-bond donors (Lipinski definition) is 0. The van der Waals surface area contributed by atoms with Gasteiger partial charge in [0.05, 0.1) is 0 Å². The van der Waals surface area contributed by atoms with Crippen molar-refractivity contribution >= 4 is 22.6 Å². The van der Waals surface area contributed by atoms with Crippen LogP contribution in [-0.4, -0.2) is 29.0 Å². The lowest BCUT2D eigenvalue weighted by atomic mass is 9.91. The Kier molecular flexibility index (Phi) is 4.67. The number of fused-ring (bicyclic) bond motifs is 1. The Bertz CT molecular complexity index is 677. The summed E-state index contributed by atoms with van der Waals surface area (Å²) in [4.78, 5) is 7.13. The van der Waals surface area contributed by atoms with Crippen LogP contribution in [0.25, 0.3) is 0 Å². The number of rotatable bonds is 3. The van der Waals surface area contributed by atoms with E-state index in [0.717, 1.165) is 16.2 Å². The lowest BCUT2D eigenvalue weighted by molar-refractivity contribution is 0.133. The molecule has 0 saturated heterocycles. The SMILES string of the molecule is Ic1ccc(Cc2ccc3c(c2)CCN(C2CCC2)CC3)cn1. The van der Waals surface area contributed by atoms with Crippen LogP contribution in [0.1, 0.15) is 41.5 Å². The van der Waals surface area contributed by atoms with E-state index in [9.17, 15) is 0 Å². The zero-order valence-corrected chi connectivity index (χ0v) is 15.6. The van der Waals surface area contributed by atoms with Crippen LogP contribution in [0.3, 0.4) is 0 Å². The van der Waals surface area contributed by atoms with Crippen molar-refractivity contribution in [2.24, 2.45) is 0 Å². The first-order valence-corrected chi connectivity index (χ1v) is 9.81. The fourth-order valence-corrected chi connectivity index (χ4v) is 4.09. The van der Waals surface area contributed by atoms with E-state index in [0.29, 0.717) is 0 Å². The second-order valence-electron chi connectivity index (χ2n) is 6.89. The summed E-state index contributed by atoms with van der Waals surface area (Å²) in [5, 5.41) is 0.